The molecule has 2 rings (SSSR count). The third-order valence-corrected chi connectivity index (χ3v) is 5.30. The van der Waals surface area contributed by atoms with Crippen LogP contribution in [0.15, 0.2) is 29.4 Å². The molecule has 9 nitrogen and oxygen atoms in total. The van der Waals surface area contributed by atoms with Crippen molar-refractivity contribution >= 4 is 17.8 Å². The van der Waals surface area contributed by atoms with Crippen LogP contribution in [0.1, 0.15) is 70.2 Å². The Labute approximate surface area is 199 Å². The molecule has 1 amide bonds. The number of hydrogen-bond acceptors (Lipinski definition) is 7. The number of aryl methyl sites for hydroxylation is 1. The summed E-state index contributed by atoms with van der Waals surface area (Å²) in [6.45, 7) is 12.2. The second-order valence-electron chi connectivity index (χ2n) is 10.2. The number of aromatic hydroxyl groups is 1. The lowest BCUT2D eigenvalue weighted by Gasteiger charge is -2.28. The van der Waals surface area contributed by atoms with Crippen LogP contribution >= 0.6 is 0 Å². The van der Waals surface area contributed by atoms with Gasteiger partial charge in [-0.3, -0.25) is 14.9 Å². The van der Waals surface area contributed by atoms with Crippen LogP contribution in [0.5, 0.6) is 17.2 Å². The van der Waals surface area contributed by atoms with E-state index < -0.39 is 16.4 Å². The number of nitrogens with one attached hydrogen (secondary N) is 1. The standard InChI is InChI=1S/C25H33N3O6/c1-24(2,3)17-10-15(11-18(22(17)30)25(4,5)6)8-9-21(29)27-26-14-16-12-19(28(32)33)23(31)20(13-16)34-7/h10-14,30-31H,8-9H2,1-7H3,(H,27,29)/p-1/b26-14-. The summed E-state index contributed by atoms with van der Waals surface area (Å²) >= 11 is 0. The third kappa shape index (κ3) is 6.46. The molecule has 0 fully saturated rings. The number of carbonyl (C=O) groups excluding carboxylic acids is 1. The van der Waals surface area contributed by atoms with Gasteiger partial charge < -0.3 is 14.9 Å². The average molecular weight is 471 g/mol. The lowest BCUT2D eigenvalue weighted by atomic mass is 9.78. The molecule has 0 atom stereocenters. The summed E-state index contributed by atoms with van der Waals surface area (Å²) in [5.74, 6) is -1.07. The van der Waals surface area contributed by atoms with Gasteiger partial charge in [-0.1, -0.05) is 53.7 Å². The minimum atomic E-state index is -0.827. The van der Waals surface area contributed by atoms with Gasteiger partial charge in [0.25, 0.3) is 5.69 Å². The van der Waals surface area contributed by atoms with E-state index in [1.165, 1.54) is 19.4 Å². The topological polar surface area (TPSA) is 137 Å². The fourth-order valence-corrected chi connectivity index (χ4v) is 3.44. The second kappa shape index (κ2) is 10.1. The number of hydrazone groups is 1. The number of hydrogen-bond donors (Lipinski definition) is 2. The Kier molecular flexibility index (Phi) is 7.92. The molecule has 2 aromatic carbocycles. The first kappa shape index (κ1) is 26.6. The van der Waals surface area contributed by atoms with Crippen LogP contribution in [0, 0.1) is 10.1 Å². The average Bonchev–Trinajstić information content (AvgIpc) is 2.71. The number of rotatable bonds is 7. The first-order valence-electron chi connectivity index (χ1n) is 10.9. The summed E-state index contributed by atoms with van der Waals surface area (Å²) < 4.78 is 4.88. The number of phenolic OH excluding ortho intramolecular Hbond substituents is 1. The summed E-state index contributed by atoms with van der Waals surface area (Å²) in [5.41, 5.74) is 4.04. The highest BCUT2D eigenvalue weighted by atomic mass is 16.6. The van der Waals surface area contributed by atoms with Crippen LogP contribution in [0.2, 0.25) is 0 Å². The van der Waals surface area contributed by atoms with E-state index in [-0.39, 0.29) is 40.2 Å². The number of carbonyl (C=O) groups is 1. The van der Waals surface area contributed by atoms with Crippen LogP contribution in [0.3, 0.4) is 0 Å². The Balaban J connectivity index is 2.15. The number of nitro groups is 1. The second-order valence-corrected chi connectivity index (χ2v) is 10.2. The normalized spacial score (nSPS) is 12.1. The van der Waals surface area contributed by atoms with Gasteiger partial charge in [0.2, 0.25) is 5.91 Å². The zero-order valence-electron chi connectivity index (χ0n) is 20.7. The Morgan fingerprint density at radius 3 is 2.15 bits per heavy atom. The smallest absolute Gasteiger partial charge is 0.266 e. The molecule has 0 aromatic heterocycles. The highest BCUT2D eigenvalue weighted by Gasteiger charge is 2.26. The molecular weight excluding hydrogens is 438 g/mol. The van der Waals surface area contributed by atoms with Crippen LogP contribution in [-0.2, 0) is 22.0 Å². The molecule has 184 valence electrons. The summed E-state index contributed by atoms with van der Waals surface area (Å²) in [4.78, 5) is 22.6. The molecule has 0 unspecified atom stereocenters. The Bertz CT molecular complexity index is 1080. The maximum absolute atomic E-state index is 12.3. The fourth-order valence-electron chi connectivity index (χ4n) is 3.44. The summed E-state index contributed by atoms with van der Waals surface area (Å²) in [5, 5.41) is 37.6. The van der Waals surface area contributed by atoms with Gasteiger partial charge in [-0.2, -0.15) is 5.10 Å². The highest BCUT2D eigenvalue weighted by Crippen LogP contribution is 2.40. The van der Waals surface area contributed by atoms with E-state index in [0.717, 1.165) is 22.8 Å². The summed E-state index contributed by atoms with van der Waals surface area (Å²) in [6, 6.07) is 6.23. The first-order chi connectivity index (χ1) is 15.6. The number of ether oxygens (including phenoxy) is 1. The number of methoxy groups -OCH3 is 1. The Morgan fingerprint density at radius 2 is 1.68 bits per heavy atom. The quantitative estimate of drug-likeness (QED) is 0.356. The monoisotopic (exact) mass is 470 g/mol. The fraction of sp³-hybridized carbons (Fsp3) is 0.440. The predicted molar refractivity (Wildman–Crippen MR) is 129 cm³/mol. The molecule has 2 N–H and O–H groups in total. The van der Waals surface area contributed by atoms with E-state index in [1.54, 1.807) is 0 Å². The molecule has 0 saturated carbocycles. The lowest BCUT2D eigenvalue weighted by Crippen LogP contribution is -2.20. The molecule has 0 radical (unpaired) electrons. The number of nitro benzene ring substituents is 1. The zero-order chi connectivity index (χ0) is 25.8. The minimum absolute atomic E-state index is 0.151. The number of benzene rings is 2. The van der Waals surface area contributed by atoms with Crippen molar-refractivity contribution in [2.75, 3.05) is 7.11 Å². The van der Waals surface area contributed by atoms with Crippen LogP contribution < -0.4 is 15.3 Å². The van der Waals surface area contributed by atoms with E-state index in [1.807, 2.05) is 53.7 Å². The van der Waals surface area contributed by atoms with Crippen molar-refractivity contribution < 1.29 is 24.7 Å². The largest absolute Gasteiger partial charge is 0.865 e. The number of phenols is 1. The van der Waals surface area contributed by atoms with Crippen LogP contribution in [0.4, 0.5) is 5.69 Å². The van der Waals surface area contributed by atoms with E-state index >= 15 is 0 Å². The molecule has 0 heterocycles. The van der Waals surface area contributed by atoms with Gasteiger partial charge in [0.05, 0.1) is 18.2 Å². The van der Waals surface area contributed by atoms with E-state index in [9.17, 15) is 25.1 Å². The molecular formula is C25H32N3O6-. The molecule has 0 saturated heterocycles. The van der Waals surface area contributed by atoms with Crippen molar-refractivity contribution in [2.24, 2.45) is 5.10 Å². The summed E-state index contributed by atoms with van der Waals surface area (Å²) in [7, 11) is 1.24. The van der Waals surface area contributed by atoms with Gasteiger partial charge in [-0.05, 0) is 40.0 Å². The number of amides is 1. The minimum Gasteiger partial charge on any atom is -0.865 e. The lowest BCUT2D eigenvalue weighted by molar-refractivity contribution is -0.398. The van der Waals surface area contributed by atoms with Gasteiger partial charge in [0.1, 0.15) is 11.5 Å². The van der Waals surface area contributed by atoms with Gasteiger partial charge >= 0.3 is 0 Å². The molecule has 0 aliphatic rings. The zero-order valence-corrected chi connectivity index (χ0v) is 20.7. The van der Waals surface area contributed by atoms with Crippen LogP contribution in [-0.4, -0.2) is 29.3 Å². The first-order valence-corrected chi connectivity index (χ1v) is 10.9. The molecule has 34 heavy (non-hydrogen) atoms. The molecule has 0 bridgehead atoms. The van der Waals surface area contributed by atoms with E-state index in [0.29, 0.717) is 6.42 Å². The third-order valence-electron chi connectivity index (χ3n) is 5.30. The van der Waals surface area contributed by atoms with Crippen molar-refractivity contribution in [3.05, 3.63) is 56.6 Å². The molecule has 0 spiro atoms. The highest BCUT2D eigenvalue weighted by molar-refractivity contribution is 5.84. The Hall–Kier alpha value is -3.62. The van der Waals surface area contributed by atoms with E-state index in [4.69, 9.17) is 4.74 Å². The van der Waals surface area contributed by atoms with Gasteiger partial charge in [0, 0.05) is 23.8 Å². The van der Waals surface area contributed by atoms with Gasteiger partial charge in [-0.25, -0.2) is 5.43 Å². The van der Waals surface area contributed by atoms with Crippen molar-refractivity contribution in [2.45, 2.75) is 65.2 Å². The van der Waals surface area contributed by atoms with Crippen LogP contribution in [0.25, 0.3) is 0 Å². The number of nitrogens with zero attached hydrogens (tertiary/aromatic N) is 2. The van der Waals surface area contributed by atoms with Crippen molar-refractivity contribution in [1.29, 1.82) is 0 Å². The van der Waals surface area contributed by atoms with Crippen molar-refractivity contribution in [3.63, 3.8) is 0 Å². The molecule has 0 aliphatic heterocycles. The SMILES string of the molecule is COc1cc(/C=N\NC(=O)CCc2cc(C(C)(C)C)c(O)c(C(C)(C)C)c2)cc([N+](=O)[O-])c1[O-]. The van der Waals surface area contributed by atoms with Crippen molar-refractivity contribution in [1.82, 2.24) is 5.43 Å². The molecule has 2 aromatic rings. The maximum Gasteiger partial charge on any atom is 0.266 e. The van der Waals surface area contributed by atoms with Gasteiger partial charge in [0.15, 0.2) is 0 Å². The van der Waals surface area contributed by atoms with Crippen molar-refractivity contribution in [3.8, 4) is 17.2 Å². The maximum atomic E-state index is 12.3. The summed E-state index contributed by atoms with van der Waals surface area (Å²) in [6.07, 6.45) is 1.80. The predicted octanol–water partition coefficient (Wildman–Crippen LogP) is 4.06. The van der Waals surface area contributed by atoms with Gasteiger partial charge in [-0.15, -0.1) is 0 Å². The van der Waals surface area contributed by atoms with E-state index in [2.05, 4.69) is 10.5 Å². The molecule has 9 heteroatoms. The Morgan fingerprint density at radius 1 is 1.12 bits per heavy atom. The molecule has 0 aliphatic carbocycles.